The van der Waals surface area contributed by atoms with Crippen LogP contribution in [0.1, 0.15) is 19.8 Å². The van der Waals surface area contributed by atoms with Gasteiger partial charge in [-0.1, -0.05) is 72.4 Å². The lowest BCUT2D eigenvalue weighted by atomic mass is 10.1. The first-order valence-corrected chi connectivity index (χ1v) is 9.05. The molecule has 0 aliphatic rings. The van der Waals surface area contributed by atoms with Crippen LogP contribution in [-0.4, -0.2) is 21.5 Å². The molecule has 1 aromatic heterocycles. The number of thioether (sulfide) groups is 1. The third kappa shape index (κ3) is 4.15. The fraction of sp³-hybridized carbons (Fsp3) is 0.200. The third-order valence-corrected chi connectivity index (χ3v) is 4.66. The Balaban J connectivity index is 1.87. The quantitative estimate of drug-likeness (QED) is 0.476. The highest BCUT2D eigenvalue weighted by atomic mass is 32.2. The van der Waals surface area contributed by atoms with Gasteiger partial charge in [0.25, 0.3) is 0 Å². The van der Waals surface area contributed by atoms with E-state index in [9.17, 15) is 4.79 Å². The number of rotatable bonds is 7. The second kappa shape index (κ2) is 7.97. The van der Waals surface area contributed by atoms with Crippen molar-refractivity contribution >= 4 is 17.5 Å². The lowest BCUT2D eigenvalue weighted by Gasteiger charge is -2.02. The number of hydrogen-bond donors (Lipinski definition) is 1. The Labute approximate surface area is 146 Å². The molecule has 0 spiro atoms. The van der Waals surface area contributed by atoms with Gasteiger partial charge in [0, 0.05) is 23.3 Å². The summed E-state index contributed by atoms with van der Waals surface area (Å²) < 4.78 is 0. The Hall–Kier alpha value is -2.33. The average Bonchev–Trinajstić information content (AvgIpc) is 3.04. The number of hydrogen-bond acceptors (Lipinski definition) is 3. The summed E-state index contributed by atoms with van der Waals surface area (Å²) in [6.45, 7) is 1.64. The molecule has 24 heavy (non-hydrogen) atoms. The van der Waals surface area contributed by atoms with E-state index in [0.29, 0.717) is 6.42 Å². The number of carbonyl (C=O) groups excluding carboxylic acids is 1. The highest BCUT2D eigenvalue weighted by molar-refractivity contribution is 7.99. The summed E-state index contributed by atoms with van der Waals surface area (Å²) >= 11 is 1.67. The van der Waals surface area contributed by atoms with E-state index in [-0.39, 0.29) is 5.78 Å². The molecule has 0 bridgehead atoms. The Morgan fingerprint density at radius 3 is 2.25 bits per heavy atom. The maximum Gasteiger partial charge on any atom is 0.166 e. The van der Waals surface area contributed by atoms with Crippen molar-refractivity contribution in [2.24, 2.45) is 0 Å². The Bertz CT molecular complexity index is 740. The summed E-state index contributed by atoms with van der Waals surface area (Å²) in [6.07, 6.45) is 1.51. The van der Waals surface area contributed by atoms with E-state index in [1.807, 2.05) is 36.4 Å². The van der Waals surface area contributed by atoms with Gasteiger partial charge in [-0.2, -0.15) is 0 Å². The van der Waals surface area contributed by atoms with E-state index in [0.717, 1.165) is 39.8 Å². The van der Waals surface area contributed by atoms with Crippen LogP contribution in [0.5, 0.6) is 0 Å². The molecule has 0 radical (unpaired) electrons. The first-order valence-electron chi connectivity index (χ1n) is 8.07. The molecule has 1 heterocycles. The van der Waals surface area contributed by atoms with Gasteiger partial charge in [0.2, 0.25) is 0 Å². The molecule has 3 rings (SSSR count). The molecule has 0 aliphatic carbocycles. The topological polar surface area (TPSA) is 45.8 Å². The van der Waals surface area contributed by atoms with Gasteiger partial charge < -0.3 is 9.78 Å². The maximum absolute atomic E-state index is 11.1. The molecule has 0 saturated heterocycles. The van der Waals surface area contributed by atoms with Crippen LogP contribution in [0.25, 0.3) is 22.5 Å². The highest BCUT2D eigenvalue weighted by Gasteiger charge is 2.14. The fourth-order valence-electron chi connectivity index (χ4n) is 2.53. The maximum atomic E-state index is 11.1. The van der Waals surface area contributed by atoms with Gasteiger partial charge in [-0.05, 0) is 13.3 Å². The summed E-state index contributed by atoms with van der Waals surface area (Å²) in [6, 6.07) is 20.5. The third-order valence-electron chi connectivity index (χ3n) is 3.70. The SMILES string of the molecule is CC(=O)CCCSc1nc(-c2ccccc2)c(-c2ccccc2)[nH]1. The van der Waals surface area contributed by atoms with E-state index < -0.39 is 0 Å². The number of H-pyrrole nitrogens is 1. The van der Waals surface area contributed by atoms with E-state index >= 15 is 0 Å². The zero-order valence-electron chi connectivity index (χ0n) is 13.7. The van der Waals surface area contributed by atoms with Crippen molar-refractivity contribution in [3.05, 3.63) is 60.7 Å². The van der Waals surface area contributed by atoms with Gasteiger partial charge in [-0.25, -0.2) is 4.98 Å². The Kier molecular flexibility index (Phi) is 5.49. The van der Waals surface area contributed by atoms with Crippen LogP contribution < -0.4 is 0 Å². The van der Waals surface area contributed by atoms with Crippen molar-refractivity contribution in [3.8, 4) is 22.5 Å². The first-order chi connectivity index (χ1) is 11.7. The van der Waals surface area contributed by atoms with Crippen molar-refractivity contribution in [3.63, 3.8) is 0 Å². The number of carbonyl (C=O) groups is 1. The monoisotopic (exact) mass is 336 g/mol. The number of benzene rings is 2. The highest BCUT2D eigenvalue weighted by Crippen LogP contribution is 2.32. The van der Waals surface area contributed by atoms with Crippen molar-refractivity contribution in [2.45, 2.75) is 24.9 Å². The molecule has 1 N–H and O–H groups in total. The second-order valence-electron chi connectivity index (χ2n) is 5.65. The molecule has 2 aromatic carbocycles. The van der Waals surface area contributed by atoms with Crippen molar-refractivity contribution < 1.29 is 4.79 Å². The lowest BCUT2D eigenvalue weighted by molar-refractivity contribution is -0.117. The minimum Gasteiger partial charge on any atom is -0.332 e. The van der Waals surface area contributed by atoms with Gasteiger partial charge in [0.15, 0.2) is 5.16 Å². The molecule has 0 saturated carbocycles. The number of nitrogens with zero attached hydrogens (tertiary/aromatic N) is 1. The minimum atomic E-state index is 0.241. The molecule has 3 aromatic rings. The molecule has 3 nitrogen and oxygen atoms in total. The zero-order valence-corrected chi connectivity index (χ0v) is 14.5. The van der Waals surface area contributed by atoms with Gasteiger partial charge in [-0.15, -0.1) is 0 Å². The molecular weight excluding hydrogens is 316 g/mol. The minimum absolute atomic E-state index is 0.241. The van der Waals surface area contributed by atoms with Crippen molar-refractivity contribution in [1.82, 2.24) is 9.97 Å². The molecule has 4 heteroatoms. The zero-order chi connectivity index (χ0) is 16.8. The molecule has 0 unspecified atom stereocenters. The molecule has 0 aliphatic heterocycles. The predicted molar refractivity (Wildman–Crippen MR) is 100 cm³/mol. The van der Waals surface area contributed by atoms with E-state index in [2.05, 4.69) is 29.2 Å². The number of aromatic amines is 1. The van der Waals surface area contributed by atoms with Crippen LogP contribution in [0.3, 0.4) is 0 Å². The van der Waals surface area contributed by atoms with Crippen LogP contribution in [0.2, 0.25) is 0 Å². The van der Waals surface area contributed by atoms with Crippen LogP contribution >= 0.6 is 11.8 Å². The van der Waals surface area contributed by atoms with Gasteiger partial charge in [0.1, 0.15) is 5.78 Å². The Morgan fingerprint density at radius 2 is 1.62 bits per heavy atom. The number of aromatic nitrogens is 2. The lowest BCUT2D eigenvalue weighted by Crippen LogP contribution is -1.91. The molecule has 0 fully saturated rings. The van der Waals surface area contributed by atoms with Crippen LogP contribution in [0.4, 0.5) is 0 Å². The smallest absolute Gasteiger partial charge is 0.166 e. The molecule has 122 valence electrons. The fourth-order valence-corrected chi connectivity index (χ4v) is 3.34. The normalized spacial score (nSPS) is 10.7. The van der Waals surface area contributed by atoms with E-state index in [1.54, 1.807) is 18.7 Å². The van der Waals surface area contributed by atoms with E-state index in [4.69, 9.17) is 4.98 Å². The van der Waals surface area contributed by atoms with Crippen molar-refractivity contribution in [1.29, 1.82) is 0 Å². The molecular formula is C20H20N2OS. The van der Waals surface area contributed by atoms with E-state index in [1.165, 1.54) is 0 Å². The van der Waals surface area contributed by atoms with Gasteiger partial charge in [0.05, 0.1) is 11.4 Å². The predicted octanol–water partition coefficient (Wildman–Crippen LogP) is 5.21. The van der Waals surface area contributed by atoms with Crippen molar-refractivity contribution in [2.75, 3.05) is 5.75 Å². The summed E-state index contributed by atoms with van der Waals surface area (Å²) in [7, 11) is 0. The van der Waals surface area contributed by atoms with Gasteiger partial charge >= 0.3 is 0 Å². The molecule has 0 amide bonds. The van der Waals surface area contributed by atoms with Crippen LogP contribution in [-0.2, 0) is 4.79 Å². The Morgan fingerprint density at radius 1 is 1.00 bits per heavy atom. The summed E-state index contributed by atoms with van der Waals surface area (Å²) in [5.41, 5.74) is 4.23. The number of imidazole rings is 1. The summed E-state index contributed by atoms with van der Waals surface area (Å²) in [5.74, 6) is 1.13. The molecule has 0 atom stereocenters. The average molecular weight is 336 g/mol. The summed E-state index contributed by atoms with van der Waals surface area (Å²) in [4.78, 5) is 19.3. The first kappa shape index (κ1) is 16.5. The number of Topliss-reactive ketones (excluding diaryl/α,β-unsaturated/α-hetero) is 1. The number of nitrogens with one attached hydrogen (secondary N) is 1. The largest absolute Gasteiger partial charge is 0.332 e. The van der Waals surface area contributed by atoms with Crippen LogP contribution in [0, 0.1) is 0 Å². The second-order valence-corrected chi connectivity index (χ2v) is 6.74. The standard InChI is InChI=1S/C20H20N2OS/c1-15(23)9-8-14-24-20-21-18(16-10-4-2-5-11-16)19(22-20)17-12-6-3-7-13-17/h2-7,10-13H,8-9,14H2,1H3,(H,21,22). The summed E-state index contributed by atoms with van der Waals surface area (Å²) in [5, 5.41) is 0.899. The van der Waals surface area contributed by atoms with Gasteiger partial charge in [-0.3, -0.25) is 0 Å². The number of ketones is 1. The van der Waals surface area contributed by atoms with Crippen LogP contribution in [0.15, 0.2) is 65.8 Å².